The largest absolute Gasteiger partial charge is 0.406 e. The number of thioether (sulfide) groups is 1. The highest BCUT2D eigenvalue weighted by atomic mass is 32.2. The van der Waals surface area contributed by atoms with Crippen LogP contribution in [-0.2, 0) is 4.79 Å². The molecule has 21 heavy (non-hydrogen) atoms. The highest BCUT2D eigenvalue weighted by molar-refractivity contribution is 7.99. The van der Waals surface area contributed by atoms with Crippen LogP contribution in [0.1, 0.15) is 6.42 Å². The van der Waals surface area contributed by atoms with Crippen molar-refractivity contribution in [3.05, 3.63) is 30.1 Å². The van der Waals surface area contributed by atoms with E-state index in [0.29, 0.717) is 4.90 Å². The average Bonchev–Trinajstić information content (AvgIpc) is 2.39. The standard InChI is InChI=1S/C13H15F4NO2S/c14-10-1-3-11(4-2-10)21-8-5-12(20)18(6-7-19)9-13(15,16)17/h1-4,19H,5-9H2. The molecule has 1 aromatic rings. The Morgan fingerprint density at radius 3 is 2.38 bits per heavy atom. The third-order valence-corrected chi connectivity index (χ3v) is 3.50. The first-order chi connectivity index (χ1) is 9.81. The zero-order chi connectivity index (χ0) is 15.9. The fourth-order valence-electron chi connectivity index (χ4n) is 1.57. The van der Waals surface area contributed by atoms with E-state index in [2.05, 4.69) is 0 Å². The Labute approximate surface area is 123 Å². The van der Waals surface area contributed by atoms with Gasteiger partial charge in [-0.2, -0.15) is 13.2 Å². The summed E-state index contributed by atoms with van der Waals surface area (Å²) in [6.45, 7) is -2.24. The Morgan fingerprint density at radius 1 is 1.24 bits per heavy atom. The number of rotatable bonds is 7. The minimum absolute atomic E-state index is 0.0852. The lowest BCUT2D eigenvalue weighted by Gasteiger charge is -2.23. The van der Waals surface area contributed by atoms with Crippen LogP contribution >= 0.6 is 11.8 Å². The van der Waals surface area contributed by atoms with E-state index in [0.717, 1.165) is 4.90 Å². The first-order valence-corrected chi connectivity index (χ1v) is 7.14. The van der Waals surface area contributed by atoms with Crippen LogP contribution in [0.5, 0.6) is 0 Å². The van der Waals surface area contributed by atoms with Gasteiger partial charge in [-0.25, -0.2) is 4.39 Å². The number of carbonyl (C=O) groups is 1. The van der Waals surface area contributed by atoms with E-state index in [-0.39, 0.29) is 24.5 Å². The van der Waals surface area contributed by atoms with Gasteiger partial charge in [0.15, 0.2) is 0 Å². The van der Waals surface area contributed by atoms with E-state index in [1.807, 2.05) is 0 Å². The van der Waals surface area contributed by atoms with Crippen molar-refractivity contribution in [2.45, 2.75) is 17.5 Å². The maximum atomic E-state index is 12.7. The van der Waals surface area contributed by atoms with E-state index in [4.69, 9.17) is 5.11 Å². The van der Waals surface area contributed by atoms with Crippen molar-refractivity contribution in [1.82, 2.24) is 4.90 Å². The molecule has 1 rings (SSSR count). The Balaban J connectivity index is 2.44. The molecule has 1 aromatic carbocycles. The van der Waals surface area contributed by atoms with Crippen LogP contribution in [0, 0.1) is 5.82 Å². The fourth-order valence-corrected chi connectivity index (χ4v) is 2.42. The molecular formula is C13H15F4NO2S. The molecule has 0 saturated carbocycles. The van der Waals surface area contributed by atoms with Gasteiger partial charge < -0.3 is 10.0 Å². The van der Waals surface area contributed by atoms with E-state index in [9.17, 15) is 22.4 Å². The van der Waals surface area contributed by atoms with Gasteiger partial charge in [0.1, 0.15) is 12.4 Å². The molecule has 0 unspecified atom stereocenters. The number of alkyl halides is 3. The number of hydrogen-bond acceptors (Lipinski definition) is 3. The first-order valence-electron chi connectivity index (χ1n) is 6.15. The van der Waals surface area contributed by atoms with Gasteiger partial charge in [-0.15, -0.1) is 11.8 Å². The lowest BCUT2D eigenvalue weighted by molar-refractivity contribution is -0.161. The molecule has 0 saturated heterocycles. The summed E-state index contributed by atoms with van der Waals surface area (Å²) in [5, 5.41) is 8.71. The number of carbonyl (C=O) groups excluding carboxylic acids is 1. The predicted octanol–water partition coefficient (Wildman–Crippen LogP) is 2.69. The summed E-state index contributed by atoms with van der Waals surface area (Å²) < 4.78 is 49.6. The highest BCUT2D eigenvalue weighted by Gasteiger charge is 2.32. The molecule has 0 fully saturated rings. The number of benzene rings is 1. The number of nitrogens with zero attached hydrogens (tertiary/aromatic N) is 1. The summed E-state index contributed by atoms with van der Waals surface area (Å²) >= 11 is 1.25. The molecule has 0 aliphatic carbocycles. The van der Waals surface area contributed by atoms with Gasteiger partial charge in [0.2, 0.25) is 5.91 Å². The smallest absolute Gasteiger partial charge is 0.395 e. The van der Waals surface area contributed by atoms with Crippen molar-refractivity contribution in [2.24, 2.45) is 0 Å². The SMILES string of the molecule is O=C(CCSc1ccc(F)cc1)N(CCO)CC(F)(F)F. The van der Waals surface area contributed by atoms with Crippen LogP contribution in [0.4, 0.5) is 17.6 Å². The quantitative estimate of drug-likeness (QED) is 0.619. The van der Waals surface area contributed by atoms with Gasteiger partial charge in [-0.1, -0.05) is 0 Å². The summed E-state index contributed by atoms with van der Waals surface area (Å²) in [5.41, 5.74) is 0. The van der Waals surface area contributed by atoms with Crippen molar-refractivity contribution >= 4 is 17.7 Å². The number of aliphatic hydroxyl groups excluding tert-OH is 1. The first kappa shape index (κ1) is 17.8. The highest BCUT2D eigenvalue weighted by Crippen LogP contribution is 2.20. The number of amides is 1. The van der Waals surface area contributed by atoms with Gasteiger partial charge in [-0.3, -0.25) is 4.79 Å². The van der Waals surface area contributed by atoms with Gasteiger partial charge >= 0.3 is 6.18 Å². The molecular weight excluding hydrogens is 310 g/mol. The molecule has 0 heterocycles. The minimum Gasteiger partial charge on any atom is -0.395 e. The van der Waals surface area contributed by atoms with Crippen LogP contribution in [0.25, 0.3) is 0 Å². The average molecular weight is 325 g/mol. The summed E-state index contributed by atoms with van der Waals surface area (Å²) in [5.74, 6) is -0.768. The second kappa shape index (κ2) is 8.23. The molecule has 0 aliphatic heterocycles. The van der Waals surface area contributed by atoms with Crippen LogP contribution in [-0.4, -0.2) is 47.5 Å². The molecule has 8 heteroatoms. The molecule has 1 N–H and O–H groups in total. The van der Waals surface area contributed by atoms with Gasteiger partial charge in [0.05, 0.1) is 6.61 Å². The molecule has 1 amide bonds. The summed E-state index contributed by atoms with van der Waals surface area (Å²) in [6, 6.07) is 5.61. The molecule has 3 nitrogen and oxygen atoms in total. The Morgan fingerprint density at radius 2 is 1.86 bits per heavy atom. The van der Waals surface area contributed by atoms with Gasteiger partial charge in [0, 0.05) is 23.6 Å². The third-order valence-electron chi connectivity index (χ3n) is 2.49. The lowest BCUT2D eigenvalue weighted by Crippen LogP contribution is -2.40. The van der Waals surface area contributed by atoms with Crippen molar-refractivity contribution in [3.63, 3.8) is 0 Å². The van der Waals surface area contributed by atoms with Crippen molar-refractivity contribution < 1.29 is 27.5 Å². The molecule has 0 atom stereocenters. The summed E-state index contributed by atoms with van der Waals surface area (Å²) in [7, 11) is 0. The lowest BCUT2D eigenvalue weighted by atomic mass is 10.3. The molecule has 0 aliphatic rings. The number of aliphatic hydroxyl groups is 1. The van der Waals surface area contributed by atoms with Crippen LogP contribution in [0.3, 0.4) is 0 Å². The van der Waals surface area contributed by atoms with Crippen LogP contribution in [0.15, 0.2) is 29.2 Å². The fraction of sp³-hybridized carbons (Fsp3) is 0.462. The maximum absolute atomic E-state index is 12.7. The zero-order valence-corrected chi connectivity index (χ0v) is 11.9. The van der Waals surface area contributed by atoms with Gasteiger partial charge in [0.25, 0.3) is 0 Å². The Hall–Kier alpha value is -1.28. The minimum atomic E-state index is -4.49. The predicted molar refractivity (Wildman–Crippen MR) is 71.5 cm³/mol. The second-order valence-corrected chi connectivity index (χ2v) is 5.37. The topological polar surface area (TPSA) is 40.5 Å². The third kappa shape index (κ3) is 7.33. The molecule has 0 aromatic heterocycles. The Bertz CT molecular complexity index is 450. The van der Waals surface area contributed by atoms with Gasteiger partial charge in [-0.05, 0) is 24.3 Å². The van der Waals surface area contributed by atoms with Crippen LogP contribution < -0.4 is 0 Å². The summed E-state index contributed by atoms with van der Waals surface area (Å²) in [6.07, 6.45) is -4.58. The van der Waals surface area contributed by atoms with E-state index in [1.54, 1.807) is 0 Å². The molecule has 0 spiro atoms. The van der Waals surface area contributed by atoms with E-state index in [1.165, 1.54) is 36.0 Å². The van der Waals surface area contributed by atoms with Crippen molar-refractivity contribution in [1.29, 1.82) is 0 Å². The van der Waals surface area contributed by atoms with Crippen molar-refractivity contribution in [3.8, 4) is 0 Å². The molecule has 118 valence electrons. The monoisotopic (exact) mass is 325 g/mol. The second-order valence-electron chi connectivity index (χ2n) is 4.21. The summed E-state index contributed by atoms with van der Waals surface area (Å²) in [4.78, 5) is 13.0. The number of halogens is 4. The Kier molecular flexibility index (Phi) is 6.97. The zero-order valence-electron chi connectivity index (χ0n) is 11.1. The normalized spacial score (nSPS) is 11.5. The van der Waals surface area contributed by atoms with Crippen LogP contribution in [0.2, 0.25) is 0 Å². The maximum Gasteiger partial charge on any atom is 0.406 e. The van der Waals surface area contributed by atoms with E-state index < -0.39 is 25.2 Å². The number of hydrogen-bond donors (Lipinski definition) is 1. The molecule has 0 radical (unpaired) electrons. The van der Waals surface area contributed by atoms with E-state index >= 15 is 0 Å². The molecule has 0 bridgehead atoms. The van der Waals surface area contributed by atoms with Crippen molar-refractivity contribution in [2.75, 3.05) is 25.4 Å².